The number of hydrogen-bond acceptors (Lipinski definition) is 4. The van der Waals surface area contributed by atoms with Gasteiger partial charge >= 0.3 is 0 Å². The Balaban J connectivity index is 1.85. The Labute approximate surface area is 117 Å². The van der Waals surface area contributed by atoms with Crippen LogP contribution in [0.1, 0.15) is 29.7 Å². The Bertz CT molecular complexity index is 549. The molecule has 4 heteroatoms. The van der Waals surface area contributed by atoms with Gasteiger partial charge in [0, 0.05) is 18.3 Å². The van der Waals surface area contributed by atoms with E-state index in [0.29, 0.717) is 6.04 Å². The molecule has 0 bridgehead atoms. The van der Waals surface area contributed by atoms with Crippen molar-refractivity contribution in [3.05, 3.63) is 45.8 Å². The lowest BCUT2D eigenvalue weighted by Gasteiger charge is -2.24. The molecule has 1 saturated carbocycles. The van der Waals surface area contributed by atoms with Crippen LogP contribution in [0, 0.1) is 6.92 Å². The zero-order chi connectivity index (χ0) is 13.2. The van der Waals surface area contributed by atoms with E-state index in [2.05, 4.69) is 26.7 Å². The van der Waals surface area contributed by atoms with E-state index in [1.165, 1.54) is 18.4 Å². The molecule has 0 aromatic carbocycles. The molecule has 19 heavy (non-hydrogen) atoms. The molecular weight excluding hydrogens is 256 g/mol. The van der Waals surface area contributed by atoms with Crippen LogP contribution in [0.3, 0.4) is 0 Å². The van der Waals surface area contributed by atoms with Crippen molar-refractivity contribution in [2.24, 2.45) is 0 Å². The van der Waals surface area contributed by atoms with Gasteiger partial charge in [-0.3, -0.25) is 0 Å². The van der Waals surface area contributed by atoms with Crippen LogP contribution in [0.25, 0.3) is 0 Å². The Morgan fingerprint density at radius 3 is 2.79 bits per heavy atom. The average Bonchev–Trinajstić information content (AvgIpc) is 3.13. The minimum absolute atomic E-state index is 0.0626. The van der Waals surface area contributed by atoms with Crippen LogP contribution in [0.4, 0.5) is 5.82 Å². The molecule has 0 radical (unpaired) electrons. The Morgan fingerprint density at radius 1 is 1.37 bits per heavy atom. The molecule has 1 N–H and O–H groups in total. The summed E-state index contributed by atoms with van der Waals surface area (Å²) in [7, 11) is 0. The molecule has 2 aromatic heterocycles. The third-order valence-corrected chi connectivity index (χ3v) is 4.30. The van der Waals surface area contributed by atoms with E-state index in [4.69, 9.17) is 0 Å². The third kappa shape index (κ3) is 2.80. The monoisotopic (exact) mass is 274 g/mol. The predicted molar refractivity (Wildman–Crippen MR) is 78.4 cm³/mol. The van der Waals surface area contributed by atoms with Crippen molar-refractivity contribution < 1.29 is 5.11 Å². The molecule has 0 spiro atoms. The van der Waals surface area contributed by atoms with Crippen LogP contribution >= 0.6 is 11.3 Å². The topological polar surface area (TPSA) is 36.4 Å². The number of hydrogen-bond donors (Lipinski definition) is 1. The normalized spacial score (nSPS) is 14.6. The number of aliphatic hydroxyl groups excluding tert-OH is 1. The fourth-order valence-electron chi connectivity index (χ4n) is 2.27. The first-order valence-corrected chi connectivity index (χ1v) is 7.57. The number of aryl methyl sites for hydroxylation is 1. The van der Waals surface area contributed by atoms with Crippen molar-refractivity contribution in [3.8, 4) is 0 Å². The fourth-order valence-corrected chi connectivity index (χ4v) is 2.93. The summed E-state index contributed by atoms with van der Waals surface area (Å²) in [6, 6.07) is 6.82. The molecule has 1 aliphatic carbocycles. The van der Waals surface area contributed by atoms with Crippen molar-refractivity contribution in [1.29, 1.82) is 0 Å². The molecule has 1 fully saturated rings. The maximum atomic E-state index is 9.22. The number of anilines is 1. The Hall–Kier alpha value is -1.39. The van der Waals surface area contributed by atoms with Gasteiger partial charge in [0.15, 0.2) is 0 Å². The van der Waals surface area contributed by atoms with Crippen LogP contribution in [-0.2, 0) is 13.2 Å². The summed E-state index contributed by atoms with van der Waals surface area (Å²) in [4.78, 5) is 7.04. The zero-order valence-electron chi connectivity index (χ0n) is 11.0. The minimum atomic E-state index is 0.0626. The number of thiophene rings is 1. The lowest BCUT2D eigenvalue weighted by molar-refractivity contribution is 0.280. The van der Waals surface area contributed by atoms with Gasteiger partial charge in [-0.2, -0.15) is 11.3 Å². The summed E-state index contributed by atoms with van der Waals surface area (Å²) in [5.41, 5.74) is 3.19. The van der Waals surface area contributed by atoms with Crippen LogP contribution in [-0.4, -0.2) is 16.1 Å². The summed E-state index contributed by atoms with van der Waals surface area (Å²) in [6.07, 6.45) is 2.51. The lowest BCUT2D eigenvalue weighted by Crippen LogP contribution is -2.26. The molecule has 2 heterocycles. The lowest BCUT2D eigenvalue weighted by atomic mass is 10.2. The van der Waals surface area contributed by atoms with E-state index in [9.17, 15) is 5.11 Å². The van der Waals surface area contributed by atoms with E-state index in [1.807, 2.05) is 19.1 Å². The van der Waals surface area contributed by atoms with Crippen molar-refractivity contribution in [2.45, 2.75) is 39.0 Å². The van der Waals surface area contributed by atoms with Crippen LogP contribution in [0.15, 0.2) is 29.0 Å². The van der Waals surface area contributed by atoms with Gasteiger partial charge in [0.25, 0.3) is 0 Å². The van der Waals surface area contributed by atoms with Gasteiger partial charge in [0.1, 0.15) is 5.82 Å². The molecule has 0 unspecified atom stereocenters. The summed E-state index contributed by atoms with van der Waals surface area (Å²) in [5.74, 6) is 1.03. The molecule has 100 valence electrons. The van der Waals surface area contributed by atoms with Crippen molar-refractivity contribution >= 4 is 17.2 Å². The molecule has 0 aliphatic heterocycles. The molecule has 2 aromatic rings. The van der Waals surface area contributed by atoms with Crippen molar-refractivity contribution in [2.75, 3.05) is 4.90 Å². The summed E-state index contributed by atoms with van der Waals surface area (Å²) >= 11 is 1.74. The maximum absolute atomic E-state index is 9.22. The molecule has 1 aliphatic rings. The van der Waals surface area contributed by atoms with Gasteiger partial charge in [0.05, 0.1) is 6.61 Å². The number of pyridine rings is 1. The van der Waals surface area contributed by atoms with Crippen LogP contribution in [0.2, 0.25) is 0 Å². The smallest absolute Gasteiger partial charge is 0.129 e. The average molecular weight is 274 g/mol. The van der Waals surface area contributed by atoms with Crippen LogP contribution < -0.4 is 4.90 Å². The minimum Gasteiger partial charge on any atom is -0.392 e. The Morgan fingerprint density at radius 2 is 2.21 bits per heavy atom. The van der Waals surface area contributed by atoms with E-state index in [1.54, 1.807) is 11.3 Å². The summed E-state index contributed by atoms with van der Waals surface area (Å²) in [6.45, 7) is 2.96. The molecular formula is C15H18N2OS. The van der Waals surface area contributed by atoms with Gasteiger partial charge < -0.3 is 10.0 Å². The van der Waals surface area contributed by atoms with Gasteiger partial charge in [-0.15, -0.1) is 0 Å². The SMILES string of the molecule is Cc1nc(N(Cc2ccsc2)C2CC2)ccc1CO. The zero-order valence-corrected chi connectivity index (χ0v) is 11.9. The second-order valence-corrected chi connectivity index (χ2v) is 5.84. The summed E-state index contributed by atoms with van der Waals surface area (Å²) < 4.78 is 0. The van der Waals surface area contributed by atoms with E-state index >= 15 is 0 Å². The second kappa shape index (κ2) is 5.31. The van der Waals surface area contributed by atoms with E-state index < -0.39 is 0 Å². The van der Waals surface area contributed by atoms with Crippen molar-refractivity contribution in [1.82, 2.24) is 4.98 Å². The fraction of sp³-hybridized carbons (Fsp3) is 0.400. The molecule has 0 atom stereocenters. The standard InChI is InChI=1S/C15H18N2OS/c1-11-13(9-18)2-5-15(16-11)17(14-3-4-14)8-12-6-7-19-10-12/h2,5-7,10,14,18H,3-4,8-9H2,1H3. The highest BCUT2D eigenvalue weighted by molar-refractivity contribution is 7.07. The quantitative estimate of drug-likeness (QED) is 0.910. The maximum Gasteiger partial charge on any atom is 0.129 e. The molecule has 3 nitrogen and oxygen atoms in total. The number of rotatable bonds is 5. The van der Waals surface area contributed by atoms with Gasteiger partial charge in [-0.1, -0.05) is 6.07 Å². The molecule has 0 amide bonds. The first-order chi connectivity index (χ1) is 9.28. The van der Waals surface area contributed by atoms with Crippen LogP contribution in [0.5, 0.6) is 0 Å². The molecule has 0 saturated heterocycles. The highest BCUT2D eigenvalue weighted by Gasteiger charge is 2.30. The molecule has 3 rings (SSSR count). The largest absolute Gasteiger partial charge is 0.392 e. The van der Waals surface area contributed by atoms with Crippen molar-refractivity contribution in [3.63, 3.8) is 0 Å². The first kappa shape index (κ1) is 12.6. The van der Waals surface area contributed by atoms with E-state index in [0.717, 1.165) is 23.6 Å². The first-order valence-electron chi connectivity index (χ1n) is 6.63. The van der Waals surface area contributed by atoms with Gasteiger partial charge in [-0.05, 0) is 53.8 Å². The van der Waals surface area contributed by atoms with Gasteiger partial charge in [0.2, 0.25) is 0 Å². The van der Waals surface area contributed by atoms with E-state index in [-0.39, 0.29) is 6.61 Å². The highest BCUT2D eigenvalue weighted by atomic mass is 32.1. The Kier molecular flexibility index (Phi) is 3.53. The number of aromatic nitrogens is 1. The number of nitrogens with zero attached hydrogens (tertiary/aromatic N) is 2. The van der Waals surface area contributed by atoms with Gasteiger partial charge in [-0.25, -0.2) is 4.98 Å². The summed E-state index contributed by atoms with van der Waals surface area (Å²) in [5, 5.41) is 13.5. The third-order valence-electron chi connectivity index (χ3n) is 3.57. The highest BCUT2D eigenvalue weighted by Crippen LogP contribution is 2.32. The predicted octanol–water partition coefficient (Wildman–Crippen LogP) is 3.11. The number of aliphatic hydroxyl groups is 1. The second-order valence-electron chi connectivity index (χ2n) is 5.06.